The smallest absolute Gasteiger partial charge is 0.278 e. The van der Waals surface area contributed by atoms with Crippen molar-refractivity contribution in [3.05, 3.63) is 42.5 Å². The van der Waals surface area contributed by atoms with Crippen molar-refractivity contribution in [1.82, 2.24) is 5.48 Å². The largest absolute Gasteiger partial charge is 0.489 e. The van der Waals surface area contributed by atoms with Crippen molar-refractivity contribution < 1.29 is 14.4 Å². The summed E-state index contributed by atoms with van der Waals surface area (Å²) in [6.07, 6.45) is 1.62. The minimum atomic E-state index is -0.336. The van der Waals surface area contributed by atoms with E-state index in [2.05, 4.69) is 16.9 Å². The molecule has 4 heteroatoms. The van der Waals surface area contributed by atoms with Gasteiger partial charge in [0.2, 0.25) is 0 Å². The van der Waals surface area contributed by atoms with Gasteiger partial charge in [0.1, 0.15) is 12.4 Å². The number of nitrogens with one attached hydrogen (secondary N) is 1. The molecule has 0 saturated carbocycles. The minimum Gasteiger partial charge on any atom is -0.489 e. The van der Waals surface area contributed by atoms with Crippen LogP contribution in [-0.2, 0) is 4.84 Å². The third kappa shape index (κ3) is 3.11. The van der Waals surface area contributed by atoms with Crippen LogP contribution < -0.4 is 10.2 Å². The molecule has 1 rings (SSSR count). The average Bonchev–Trinajstić information content (AvgIpc) is 2.27. The molecule has 1 aromatic carbocycles. The van der Waals surface area contributed by atoms with E-state index < -0.39 is 0 Å². The molecule has 80 valence electrons. The summed E-state index contributed by atoms with van der Waals surface area (Å²) in [4.78, 5) is 16.0. The Labute approximate surface area is 88.5 Å². The van der Waals surface area contributed by atoms with Gasteiger partial charge in [-0.3, -0.25) is 9.63 Å². The predicted molar refractivity (Wildman–Crippen MR) is 56.6 cm³/mol. The van der Waals surface area contributed by atoms with Gasteiger partial charge in [-0.1, -0.05) is 24.8 Å². The fraction of sp³-hybridized carbons (Fsp3) is 0.182. The Balaban J connectivity index is 2.85. The van der Waals surface area contributed by atoms with Gasteiger partial charge in [0.05, 0.1) is 12.7 Å². The van der Waals surface area contributed by atoms with E-state index in [1.54, 1.807) is 30.3 Å². The van der Waals surface area contributed by atoms with E-state index in [0.717, 1.165) is 0 Å². The monoisotopic (exact) mass is 207 g/mol. The maximum atomic E-state index is 11.5. The molecule has 0 aliphatic rings. The van der Waals surface area contributed by atoms with E-state index in [4.69, 9.17) is 4.74 Å². The molecule has 0 bridgehead atoms. The lowest BCUT2D eigenvalue weighted by molar-refractivity contribution is 0.0534. The van der Waals surface area contributed by atoms with Gasteiger partial charge in [-0.25, -0.2) is 5.48 Å². The fourth-order valence-electron chi connectivity index (χ4n) is 1.08. The Morgan fingerprint density at radius 1 is 1.53 bits per heavy atom. The Bertz CT molecular complexity index is 349. The first kappa shape index (κ1) is 11.3. The van der Waals surface area contributed by atoms with Crippen molar-refractivity contribution in [2.24, 2.45) is 0 Å². The van der Waals surface area contributed by atoms with E-state index in [-0.39, 0.29) is 5.91 Å². The summed E-state index contributed by atoms with van der Waals surface area (Å²) in [5, 5.41) is 0. The topological polar surface area (TPSA) is 47.6 Å². The molecule has 0 atom stereocenters. The third-order valence-electron chi connectivity index (χ3n) is 1.68. The first-order chi connectivity index (χ1) is 7.29. The number of para-hydroxylation sites is 1. The van der Waals surface area contributed by atoms with Gasteiger partial charge in [-0.2, -0.15) is 0 Å². The molecular weight excluding hydrogens is 194 g/mol. The van der Waals surface area contributed by atoms with Crippen LogP contribution in [0.3, 0.4) is 0 Å². The lowest BCUT2D eigenvalue weighted by Crippen LogP contribution is -2.22. The number of rotatable bonds is 5. The molecule has 0 aliphatic heterocycles. The van der Waals surface area contributed by atoms with Gasteiger partial charge >= 0.3 is 0 Å². The Morgan fingerprint density at radius 3 is 2.93 bits per heavy atom. The van der Waals surface area contributed by atoms with Crippen molar-refractivity contribution >= 4 is 5.91 Å². The van der Waals surface area contributed by atoms with Crippen LogP contribution in [0.2, 0.25) is 0 Å². The summed E-state index contributed by atoms with van der Waals surface area (Å²) in [5.41, 5.74) is 2.67. The molecule has 1 N–H and O–H groups in total. The molecule has 0 fully saturated rings. The standard InChI is InChI=1S/C11H13NO3/c1-3-8-15-10-7-5-4-6-9(10)11(13)12-14-2/h3-7H,1,8H2,2H3,(H,12,13). The van der Waals surface area contributed by atoms with Gasteiger partial charge in [0, 0.05) is 0 Å². The second-order valence-corrected chi connectivity index (χ2v) is 2.73. The van der Waals surface area contributed by atoms with Crippen molar-refractivity contribution in [2.45, 2.75) is 0 Å². The second-order valence-electron chi connectivity index (χ2n) is 2.73. The molecule has 0 aliphatic carbocycles. The Kier molecular flexibility index (Phi) is 4.37. The molecule has 0 radical (unpaired) electrons. The summed E-state index contributed by atoms with van der Waals surface area (Å²) in [7, 11) is 1.38. The molecule has 0 unspecified atom stereocenters. The van der Waals surface area contributed by atoms with E-state index in [1.165, 1.54) is 7.11 Å². The normalized spacial score (nSPS) is 9.40. The van der Waals surface area contributed by atoms with Gasteiger partial charge in [-0.15, -0.1) is 0 Å². The number of hydrogen-bond donors (Lipinski definition) is 1. The maximum absolute atomic E-state index is 11.5. The van der Waals surface area contributed by atoms with Gasteiger partial charge < -0.3 is 4.74 Å². The number of hydrogen-bond acceptors (Lipinski definition) is 3. The van der Waals surface area contributed by atoms with E-state index in [0.29, 0.717) is 17.9 Å². The summed E-state index contributed by atoms with van der Waals surface area (Å²) in [6, 6.07) is 6.92. The Morgan fingerprint density at radius 2 is 2.27 bits per heavy atom. The number of amides is 1. The highest BCUT2D eigenvalue weighted by atomic mass is 16.6. The predicted octanol–water partition coefficient (Wildman–Crippen LogP) is 1.54. The zero-order valence-corrected chi connectivity index (χ0v) is 8.53. The van der Waals surface area contributed by atoms with Crippen LogP contribution >= 0.6 is 0 Å². The zero-order valence-electron chi connectivity index (χ0n) is 8.53. The molecule has 0 aromatic heterocycles. The fourth-order valence-corrected chi connectivity index (χ4v) is 1.08. The van der Waals surface area contributed by atoms with E-state index in [9.17, 15) is 4.79 Å². The van der Waals surface area contributed by atoms with E-state index >= 15 is 0 Å². The summed E-state index contributed by atoms with van der Waals surface area (Å²) in [6.45, 7) is 3.89. The molecular formula is C11H13NO3. The number of benzene rings is 1. The van der Waals surface area contributed by atoms with Crippen molar-refractivity contribution in [2.75, 3.05) is 13.7 Å². The quantitative estimate of drug-likeness (QED) is 0.588. The summed E-state index contributed by atoms with van der Waals surface area (Å²) >= 11 is 0. The van der Waals surface area contributed by atoms with Crippen LogP contribution in [0, 0.1) is 0 Å². The molecule has 4 nitrogen and oxygen atoms in total. The van der Waals surface area contributed by atoms with Crippen molar-refractivity contribution in [1.29, 1.82) is 0 Å². The zero-order chi connectivity index (χ0) is 11.1. The number of hydroxylamine groups is 1. The van der Waals surface area contributed by atoms with E-state index in [1.807, 2.05) is 0 Å². The van der Waals surface area contributed by atoms with Gasteiger partial charge in [-0.05, 0) is 12.1 Å². The molecule has 0 saturated heterocycles. The molecule has 0 heterocycles. The molecule has 1 aromatic rings. The van der Waals surface area contributed by atoms with Crippen molar-refractivity contribution in [3.63, 3.8) is 0 Å². The lowest BCUT2D eigenvalue weighted by Gasteiger charge is -2.08. The third-order valence-corrected chi connectivity index (χ3v) is 1.68. The van der Waals surface area contributed by atoms with Crippen LogP contribution in [-0.4, -0.2) is 19.6 Å². The SMILES string of the molecule is C=CCOc1ccccc1C(=O)NOC. The second kappa shape index (κ2) is 5.82. The number of ether oxygens (including phenoxy) is 1. The first-order valence-electron chi connectivity index (χ1n) is 4.45. The van der Waals surface area contributed by atoms with Crippen LogP contribution in [0.1, 0.15) is 10.4 Å². The van der Waals surface area contributed by atoms with Crippen LogP contribution in [0.4, 0.5) is 0 Å². The number of carbonyl (C=O) groups is 1. The van der Waals surface area contributed by atoms with Gasteiger partial charge in [0.15, 0.2) is 0 Å². The van der Waals surface area contributed by atoms with Crippen molar-refractivity contribution in [3.8, 4) is 5.75 Å². The van der Waals surface area contributed by atoms with Crippen LogP contribution in [0.5, 0.6) is 5.75 Å². The lowest BCUT2D eigenvalue weighted by atomic mass is 10.2. The molecule has 15 heavy (non-hydrogen) atoms. The Hall–Kier alpha value is -1.81. The molecule has 1 amide bonds. The van der Waals surface area contributed by atoms with Crippen LogP contribution in [0.15, 0.2) is 36.9 Å². The minimum absolute atomic E-state index is 0.336. The average molecular weight is 207 g/mol. The highest BCUT2D eigenvalue weighted by Crippen LogP contribution is 2.17. The van der Waals surface area contributed by atoms with Crippen LogP contribution in [0.25, 0.3) is 0 Å². The van der Waals surface area contributed by atoms with Gasteiger partial charge in [0.25, 0.3) is 5.91 Å². The summed E-state index contributed by atoms with van der Waals surface area (Å²) < 4.78 is 5.32. The molecule has 0 spiro atoms. The highest BCUT2D eigenvalue weighted by molar-refractivity contribution is 5.96. The first-order valence-corrected chi connectivity index (χ1v) is 4.45. The number of carbonyl (C=O) groups excluding carboxylic acids is 1. The maximum Gasteiger partial charge on any atom is 0.278 e. The summed E-state index contributed by atoms with van der Waals surface area (Å²) in [5.74, 6) is 0.170. The highest BCUT2D eigenvalue weighted by Gasteiger charge is 2.10.